The van der Waals surface area contributed by atoms with Crippen molar-refractivity contribution in [3.63, 3.8) is 0 Å². The number of rotatable bonds is 3. The predicted octanol–water partition coefficient (Wildman–Crippen LogP) is 3.51. The lowest BCUT2D eigenvalue weighted by Gasteiger charge is -2.14. The molecule has 0 atom stereocenters. The maximum absolute atomic E-state index is 12.9. The Balaban J connectivity index is 2.40. The molecule has 0 spiro atoms. The van der Waals surface area contributed by atoms with Crippen LogP contribution in [0.4, 0.5) is 13.2 Å². The Morgan fingerprint density at radius 1 is 1.14 bits per heavy atom. The summed E-state index contributed by atoms with van der Waals surface area (Å²) >= 11 is 3.18. The van der Waals surface area contributed by atoms with Gasteiger partial charge in [-0.25, -0.2) is 0 Å². The van der Waals surface area contributed by atoms with Crippen LogP contribution in [0.1, 0.15) is 16.1 Å². The molecule has 0 aliphatic heterocycles. The SMILES string of the molecule is O=C(Cn1c(C(F)(F)F)cccc1=O)c1cccc(Br)c1. The van der Waals surface area contributed by atoms with Gasteiger partial charge in [0, 0.05) is 16.1 Å². The van der Waals surface area contributed by atoms with Crippen molar-refractivity contribution in [2.75, 3.05) is 0 Å². The van der Waals surface area contributed by atoms with Gasteiger partial charge in [-0.15, -0.1) is 0 Å². The number of hydrogen-bond acceptors (Lipinski definition) is 2. The van der Waals surface area contributed by atoms with Crippen molar-refractivity contribution in [1.29, 1.82) is 0 Å². The molecule has 0 saturated heterocycles. The molecule has 0 amide bonds. The first-order chi connectivity index (χ1) is 9.79. The second kappa shape index (κ2) is 5.85. The number of hydrogen-bond donors (Lipinski definition) is 0. The molecular weight excluding hydrogens is 351 g/mol. The molecule has 1 aromatic carbocycles. The molecule has 0 radical (unpaired) electrons. The number of ketones is 1. The molecule has 3 nitrogen and oxygen atoms in total. The fraction of sp³-hybridized carbons (Fsp3) is 0.143. The highest BCUT2D eigenvalue weighted by molar-refractivity contribution is 9.10. The molecule has 7 heteroatoms. The average molecular weight is 360 g/mol. The van der Waals surface area contributed by atoms with Crippen LogP contribution in [0, 0.1) is 0 Å². The molecule has 0 saturated carbocycles. The molecule has 1 heterocycles. The summed E-state index contributed by atoms with van der Waals surface area (Å²) < 4.78 is 39.7. The quantitative estimate of drug-likeness (QED) is 0.786. The normalized spacial score (nSPS) is 11.4. The minimum Gasteiger partial charge on any atom is -0.297 e. The lowest BCUT2D eigenvalue weighted by Crippen LogP contribution is -2.30. The smallest absolute Gasteiger partial charge is 0.297 e. The number of nitrogens with zero attached hydrogens (tertiary/aromatic N) is 1. The van der Waals surface area contributed by atoms with Crippen molar-refractivity contribution in [1.82, 2.24) is 4.57 Å². The van der Waals surface area contributed by atoms with E-state index in [4.69, 9.17) is 0 Å². The minimum absolute atomic E-state index is 0.230. The van der Waals surface area contributed by atoms with Gasteiger partial charge in [0.25, 0.3) is 5.56 Å². The third kappa shape index (κ3) is 3.60. The van der Waals surface area contributed by atoms with Crippen LogP contribution in [-0.2, 0) is 12.7 Å². The number of halogens is 4. The van der Waals surface area contributed by atoms with Gasteiger partial charge in [-0.2, -0.15) is 13.2 Å². The molecule has 0 aliphatic carbocycles. The molecular formula is C14H9BrF3NO2. The van der Waals surface area contributed by atoms with E-state index in [1.807, 2.05) is 0 Å². The summed E-state index contributed by atoms with van der Waals surface area (Å²) in [6.45, 7) is -0.662. The highest BCUT2D eigenvalue weighted by Crippen LogP contribution is 2.28. The highest BCUT2D eigenvalue weighted by atomic mass is 79.9. The minimum atomic E-state index is -4.70. The fourth-order valence-corrected chi connectivity index (χ4v) is 2.23. The number of pyridine rings is 1. The number of Topliss-reactive ketones (excluding diaryl/α,β-unsaturated/α-hetero) is 1. The van der Waals surface area contributed by atoms with E-state index in [-0.39, 0.29) is 5.56 Å². The Kier molecular flexibility index (Phi) is 4.32. The predicted molar refractivity (Wildman–Crippen MR) is 74.2 cm³/mol. The Hall–Kier alpha value is -1.89. The zero-order valence-corrected chi connectivity index (χ0v) is 12.1. The first-order valence-corrected chi connectivity index (χ1v) is 6.64. The lowest BCUT2D eigenvalue weighted by atomic mass is 10.1. The summed E-state index contributed by atoms with van der Waals surface area (Å²) in [7, 11) is 0. The van der Waals surface area contributed by atoms with Crippen molar-refractivity contribution < 1.29 is 18.0 Å². The molecule has 0 N–H and O–H groups in total. The van der Waals surface area contributed by atoms with Gasteiger partial charge in [0.15, 0.2) is 5.78 Å². The van der Waals surface area contributed by atoms with E-state index in [2.05, 4.69) is 15.9 Å². The van der Waals surface area contributed by atoms with Crippen molar-refractivity contribution >= 4 is 21.7 Å². The van der Waals surface area contributed by atoms with Crippen LogP contribution in [0.5, 0.6) is 0 Å². The van der Waals surface area contributed by atoms with Gasteiger partial charge in [0.1, 0.15) is 5.69 Å². The van der Waals surface area contributed by atoms with Crippen molar-refractivity contribution in [3.05, 3.63) is 68.5 Å². The maximum atomic E-state index is 12.9. The monoisotopic (exact) mass is 359 g/mol. The standard InChI is InChI=1S/C14H9BrF3NO2/c15-10-4-1-3-9(7-10)11(20)8-19-12(14(16,17)18)5-2-6-13(19)21/h1-7H,8H2. The van der Waals surface area contributed by atoms with Gasteiger partial charge >= 0.3 is 6.18 Å². The lowest BCUT2D eigenvalue weighted by molar-refractivity contribution is -0.144. The van der Waals surface area contributed by atoms with Gasteiger partial charge in [0.05, 0.1) is 6.54 Å². The zero-order chi connectivity index (χ0) is 15.6. The first kappa shape index (κ1) is 15.5. The van der Waals surface area contributed by atoms with Gasteiger partial charge in [-0.3, -0.25) is 14.2 Å². The molecule has 0 fully saturated rings. The molecule has 1 aromatic heterocycles. The highest BCUT2D eigenvalue weighted by Gasteiger charge is 2.34. The largest absolute Gasteiger partial charge is 0.431 e. The molecule has 110 valence electrons. The van der Waals surface area contributed by atoms with E-state index in [1.165, 1.54) is 12.1 Å². The summed E-state index contributed by atoms with van der Waals surface area (Å²) in [5, 5.41) is 0. The molecule has 2 rings (SSSR count). The van der Waals surface area contributed by atoms with Gasteiger partial charge in [0.2, 0.25) is 0 Å². The summed E-state index contributed by atoms with van der Waals surface area (Å²) in [4.78, 5) is 23.7. The van der Waals surface area contributed by atoms with Gasteiger partial charge in [-0.05, 0) is 18.2 Å². The van der Waals surface area contributed by atoms with Gasteiger partial charge < -0.3 is 0 Å². The van der Waals surface area contributed by atoms with Gasteiger partial charge in [-0.1, -0.05) is 34.1 Å². The molecule has 21 heavy (non-hydrogen) atoms. The Morgan fingerprint density at radius 3 is 2.43 bits per heavy atom. The van der Waals surface area contributed by atoms with Crippen LogP contribution in [0.2, 0.25) is 0 Å². The van der Waals surface area contributed by atoms with E-state index < -0.39 is 29.8 Å². The van der Waals surface area contributed by atoms with Crippen molar-refractivity contribution in [2.45, 2.75) is 12.7 Å². The molecule has 0 aliphatic rings. The molecule has 0 bridgehead atoms. The third-order valence-electron chi connectivity index (χ3n) is 2.79. The topological polar surface area (TPSA) is 39.1 Å². The number of carbonyl (C=O) groups excluding carboxylic acids is 1. The zero-order valence-electron chi connectivity index (χ0n) is 10.5. The van der Waals surface area contributed by atoms with E-state index in [0.717, 1.165) is 18.2 Å². The summed E-state index contributed by atoms with van der Waals surface area (Å²) in [6, 6.07) is 9.03. The van der Waals surface area contributed by atoms with Crippen LogP contribution < -0.4 is 5.56 Å². The Morgan fingerprint density at radius 2 is 1.81 bits per heavy atom. The summed E-state index contributed by atoms with van der Waals surface area (Å²) in [6.07, 6.45) is -4.70. The van der Waals surface area contributed by atoms with Crippen LogP contribution >= 0.6 is 15.9 Å². The second-order valence-electron chi connectivity index (χ2n) is 4.27. The summed E-state index contributed by atoms with van der Waals surface area (Å²) in [5.41, 5.74) is -1.78. The number of benzene rings is 1. The third-order valence-corrected chi connectivity index (χ3v) is 3.28. The second-order valence-corrected chi connectivity index (χ2v) is 5.18. The van der Waals surface area contributed by atoms with Crippen LogP contribution in [-0.4, -0.2) is 10.4 Å². The van der Waals surface area contributed by atoms with E-state index in [0.29, 0.717) is 9.04 Å². The van der Waals surface area contributed by atoms with Crippen molar-refractivity contribution in [2.24, 2.45) is 0 Å². The number of carbonyl (C=O) groups is 1. The Labute approximate surface area is 126 Å². The fourth-order valence-electron chi connectivity index (χ4n) is 1.83. The number of alkyl halides is 3. The molecule has 0 unspecified atom stereocenters. The van der Waals surface area contributed by atoms with E-state index >= 15 is 0 Å². The van der Waals surface area contributed by atoms with E-state index in [9.17, 15) is 22.8 Å². The van der Waals surface area contributed by atoms with Crippen LogP contribution in [0.25, 0.3) is 0 Å². The van der Waals surface area contributed by atoms with Crippen molar-refractivity contribution in [3.8, 4) is 0 Å². The Bertz CT molecular complexity index is 737. The average Bonchev–Trinajstić information content (AvgIpc) is 2.39. The van der Waals surface area contributed by atoms with Crippen LogP contribution in [0.3, 0.4) is 0 Å². The van der Waals surface area contributed by atoms with E-state index in [1.54, 1.807) is 12.1 Å². The molecule has 2 aromatic rings. The maximum Gasteiger partial charge on any atom is 0.431 e. The number of aromatic nitrogens is 1. The summed E-state index contributed by atoms with van der Waals surface area (Å²) in [5.74, 6) is -0.574. The van der Waals surface area contributed by atoms with Crippen LogP contribution in [0.15, 0.2) is 51.7 Å². The first-order valence-electron chi connectivity index (χ1n) is 5.85.